The van der Waals surface area contributed by atoms with Crippen molar-refractivity contribution in [3.63, 3.8) is 0 Å². The van der Waals surface area contributed by atoms with E-state index in [1.165, 1.54) is 29.2 Å². The zero-order chi connectivity index (χ0) is 55.1. The molecular weight excluding hydrogens is 1020 g/mol. The number of aliphatic hydroxyl groups excluding tert-OH is 1. The summed E-state index contributed by atoms with van der Waals surface area (Å²) in [7, 11) is 0. The Labute approximate surface area is 443 Å². The Morgan fingerprint density at radius 1 is 0.720 bits per heavy atom. The molecule has 0 bridgehead atoms. The molecule has 13 N–H and O–H groups in total. The summed E-state index contributed by atoms with van der Waals surface area (Å²) in [5, 5.41) is 46.1. The highest BCUT2D eigenvalue weighted by atomic mass is 32.1. The molecule has 75 heavy (non-hydrogen) atoms. The molecule has 8 amide bonds. The van der Waals surface area contributed by atoms with E-state index in [9.17, 15) is 63.3 Å². The Hall–Kier alpha value is -6.71. The Morgan fingerprint density at radius 2 is 1.31 bits per heavy atom. The van der Waals surface area contributed by atoms with Crippen molar-refractivity contribution in [2.75, 3.05) is 24.6 Å². The lowest BCUT2D eigenvalue weighted by atomic mass is 10.0. The molecule has 0 radical (unpaired) electrons. The van der Waals surface area contributed by atoms with Crippen molar-refractivity contribution < 1.29 is 63.3 Å². The van der Waals surface area contributed by atoms with E-state index in [1.54, 1.807) is 44.3 Å². The normalized spacial score (nSPS) is 18.7. The Kier molecular flexibility index (Phi) is 21.9. The highest BCUT2D eigenvalue weighted by molar-refractivity contribution is 7.80. The summed E-state index contributed by atoms with van der Waals surface area (Å²) in [5.41, 5.74) is 7.70. The number of H-pyrrole nitrogens is 2. The lowest BCUT2D eigenvalue weighted by molar-refractivity contribution is -0.145. The summed E-state index contributed by atoms with van der Waals surface area (Å²) in [4.78, 5) is 147. The van der Waals surface area contributed by atoms with Crippen LogP contribution in [0.25, 0.3) is 10.9 Å². The van der Waals surface area contributed by atoms with Crippen molar-refractivity contribution in [2.24, 2.45) is 11.7 Å². The molecule has 3 aromatic rings. The number of aliphatic hydroxyl groups is 1. The van der Waals surface area contributed by atoms with Crippen LogP contribution in [0, 0.1) is 5.92 Å². The number of thiol groups is 2. The molecule has 10 unspecified atom stereocenters. The monoisotopic (exact) mass is 1080 g/mol. The fourth-order valence-corrected chi connectivity index (χ4v) is 9.45. The molecule has 10 atom stereocenters. The van der Waals surface area contributed by atoms with Gasteiger partial charge in [0.25, 0.3) is 0 Å². The van der Waals surface area contributed by atoms with Gasteiger partial charge in [-0.25, -0.2) is 9.78 Å². The molecule has 2 aliphatic heterocycles. The van der Waals surface area contributed by atoms with Gasteiger partial charge in [-0.2, -0.15) is 25.3 Å². The molecule has 4 heterocycles. The van der Waals surface area contributed by atoms with Gasteiger partial charge in [0.05, 0.1) is 18.5 Å². The minimum atomic E-state index is -1.64. The second-order valence-electron chi connectivity index (χ2n) is 19.1. The largest absolute Gasteiger partial charge is 0.481 e. The number of fused-ring (bicyclic) bond motifs is 1. The summed E-state index contributed by atoms with van der Waals surface area (Å²) < 4.78 is 0. The molecule has 0 aliphatic carbocycles. The summed E-state index contributed by atoms with van der Waals surface area (Å²) >= 11 is 8.04. The Balaban J connectivity index is 1.33. The fraction of sp³-hybridized carbons (Fsp3) is 0.562. The van der Waals surface area contributed by atoms with Crippen LogP contribution in [0.1, 0.15) is 77.0 Å². The third kappa shape index (κ3) is 16.1. The van der Waals surface area contributed by atoms with Gasteiger partial charge >= 0.3 is 11.9 Å². The van der Waals surface area contributed by atoms with Crippen LogP contribution in [-0.2, 0) is 60.8 Å². The number of carboxylic acids is 2. The maximum atomic E-state index is 14.4. The first-order valence-corrected chi connectivity index (χ1v) is 26.0. The minimum Gasteiger partial charge on any atom is -0.481 e. The highest BCUT2D eigenvalue weighted by Crippen LogP contribution is 2.24. The second kappa shape index (κ2) is 27.7. The number of carbonyl (C=O) groups excluding carboxylic acids is 8. The van der Waals surface area contributed by atoms with E-state index < -0.39 is 133 Å². The number of carboxylic acid groups (broad SMARTS) is 2. The molecular formula is C48H68N12O13S2. The first-order chi connectivity index (χ1) is 35.6. The molecule has 2 fully saturated rings. The van der Waals surface area contributed by atoms with Gasteiger partial charge in [-0.3, -0.25) is 43.2 Å². The van der Waals surface area contributed by atoms with Crippen LogP contribution in [0.15, 0.2) is 43.0 Å². The molecule has 1 aromatic carbocycles. The lowest BCUT2D eigenvalue weighted by Gasteiger charge is -2.33. The summed E-state index contributed by atoms with van der Waals surface area (Å²) in [6.07, 6.45) is 2.94. The van der Waals surface area contributed by atoms with E-state index >= 15 is 0 Å². The summed E-state index contributed by atoms with van der Waals surface area (Å²) in [6.45, 7) is 5.04. The average molecular weight is 1090 g/mol. The smallest absolute Gasteiger partial charge is 0.327 e. The van der Waals surface area contributed by atoms with Crippen molar-refractivity contribution in [1.29, 1.82) is 0 Å². The highest BCUT2D eigenvalue weighted by Gasteiger charge is 2.43. The number of nitrogens with two attached hydrogens (primary N) is 1. The van der Waals surface area contributed by atoms with E-state index in [2.05, 4.69) is 72.1 Å². The molecule has 2 aliphatic rings. The number of benzene rings is 1. The predicted molar refractivity (Wildman–Crippen MR) is 277 cm³/mol. The van der Waals surface area contributed by atoms with Crippen LogP contribution in [0.4, 0.5) is 0 Å². The van der Waals surface area contributed by atoms with E-state index in [0.29, 0.717) is 35.0 Å². The summed E-state index contributed by atoms with van der Waals surface area (Å²) in [5.74, 6) is -9.50. The molecule has 2 saturated heterocycles. The number of rotatable bonds is 27. The van der Waals surface area contributed by atoms with Crippen molar-refractivity contribution in [3.8, 4) is 0 Å². The number of imidazole rings is 1. The minimum absolute atomic E-state index is 0.00272. The first kappa shape index (κ1) is 59.2. The van der Waals surface area contributed by atoms with Gasteiger partial charge in [0, 0.05) is 72.8 Å². The van der Waals surface area contributed by atoms with E-state index in [0.717, 1.165) is 0 Å². The molecule has 0 saturated carbocycles. The van der Waals surface area contributed by atoms with Gasteiger partial charge in [-0.05, 0) is 63.0 Å². The molecule has 5 rings (SSSR count). The van der Waals surface area contributed by atoms with Crippen LogP contribution >= 0.6 is 25.3 Å². The van der Waals surface area contributed by atoms with Gasteiger partial charge in [-0.1, -0.05) is 32.0 Å². The van der Waals surface area contributed by atoms with Crippen molar-refractivity contribution in [2.45, 2.75) is 139 Å². The maximum Gasteiger partial charge on any atom is 0.327 e. The molecule has 2 aromatic heterocycles. The number of hydrogen-bond donors (Lipinski definition) is 14. The van der Waals surface area contributed by atoms with Crippen molar-refractivity contribution >= 4 is 95.4 Å². The quantitative estimate of drug-likeness (QED) is 0.0372. The van der Waals surface area contributed by atoms with Gasteiger partial charge in [0.15, 0.2) is 0 Å². The third-order valence-electron chi connectivity index (χ3n) is 13.0. The number of carbonyl (C=O) groups is 10. The van der Waals surface area contributed by atoms with E-state index in [1.807, 2.05) is 0 Å². The number of para-hydroxylation sites is 1. The van der Waals surface area contributed by atoms with Crippen LogP contribution in [0.2, 0.25) is 0 Å². The Bertz CT molecular complexity index is 2530. The predicted octanol–water partition coefficient (Wildman–Crippen LogP) is -1.87. The second-order valence-corrected chi connectivity index (χ2v) is 19.9. The van der Waals surface area contributed by atoms with Crippen LogP contribution in [0.5, 0.6) is 0 Å². The zero-order valence-electron chi connectivity index (χ0n) is 41.8. The Morgan fingerprint density at radius 3 is 1.88 bits per heavy atom. The van der Waals surface area contributed by atoms with Crippen molar-refractivity contribution in [1.82, 2.24) is 56.7 Å². The molecule has 410 valence electrons. The average Bonchev–Trinajstić information content (AvgIpc) is 4.23. The lowest BCUT2D eigenvalue weighted by Crippen LogP contribution is -2.62. The number of hydrogen-bond acceptors (Lipinski definition) is 15. The zero-order valence-corrected chi connectivity index (χ0v) is 43.6. The number of nitrogens with one attached hydrogen (secondary N) is 8. The number of aromatic nitrogens is 3. The number of aliphatic carboxylic acids is 2. The van der Waals surface area contributed by atoms with E-state index in [4.69, 9.17) is 5.73 Å². The number of amides is 8. The maximum absolute atomic E-state index is 14.4. The van der Waals surface area contributed by atoms with Gasteiger partial charge < -0.3 is 72.7 Å². The SMILES string of the molecule is CC(C)CC(NC(=O)C1CCCN1C(=O)C(Cc1cnc[nH]1)NC(=O)C(N)CS)C(=O)NC(C(=O)N1CCCC1C(=O)NC(Cc1c[nH]c2ccccc12)C(=O)NC(CCC(=O)O)C(=O)NC(CS)C(=O)O)C(C)O. The standard InChI is InChI=1S/C48H68N12O13S2/c1-24(2)16-32(54-44(68)36-10-6-14-59(36)46(70)34(18-27-20-50-23-52-27)56-40(64)29(49)21-74)43(67)58-39(25(3)61)47(71)60-15-7-11-37(60)45(69)55-33(17-26-19-51-30-9-5-4-8-28(26)30)42(66)53-31(12-13-38(62)63)41(65)57-35(22-75)48(72)73/h4-5,8-9,19-20,23-25,29,31-37,39,51,61,74-75H,6-7,10-18,21-22,49H2,1-3H3,(H,50,52)(H,53,66)(H,54,68)(H,55,69)(H,56,64)(H,57,65)(H,58,67)(H,62,63)(H,72,73). The number of aromatic amines is 2. The fourth-order valence-electron chi connectivity index (χ4n) is 9.04. The van der Waals surface area contributed by atoms with Crippen LogP contribution < -0.4 is 37.6 Å². The topological polar surface area (TPSA) is 381 Å². The van der Waals surface area contributed by atoms with Gasteiger partial charge in [0.1, 0.15) is 48.3 Å². The van der Waals surface area contributed by atoms with E-state index in [-0.39, 0.29) is 62.6 Å². The first-order valence-electron chi connectivity index (χ1n) is 24.7. The molecule has 27 heteroatoms. The van der Waals surface area contributed by atoms with Crippen LogP contribution in [-0.4, -0.2) is 184 Å². The third-order valence-corrected chi connectivity index (χ3v) is 13.8. The molecule has 25 nitrogen and oxygen atoms in total. The number of likely N-dealkylation sites (tertiary alicyclic amines) is 2. The molecule has 0 spiro atoms. The summed E-state index contributed by atoms with van der Waals surface area (Å²) in [6, 6.07) is -4.71. The van der Waals surface area contributed by atoms with Crippen LogP contribution in [0.3, 0.4) is 0 Å². The van der Waals surface area contributed by atoms with Crippen molar-refractivity contribution in [3.05, 3.63) is 54.2 Å². The van der Waals surface area contributed by atoms with Gasteiger partial charge in [-0.15, -0.1) is 0 Å². The van der Waals surface area contributed by atoms with Gasteiger partial charge in [0.2, 0.25) is 47.3 Å². The number of nitrogens with zero attached hydrogens (tertiary/aromatic N) is 3.